The average Bonchev–Trinajstić information content (AvgIpc) is 2.34. The van der Waals surface area contributed by atoms with Crippen molar-refractivity contribution >= 4 is 11.7 Å². The second-order valence-corrected chi connectivity index (χ2v) is 5.37. The van der Waals surface area contributed by atoms with E-state index in [1.807, 2.05) is 18.2 Å². The van der Waals surface area contributed by atoms with Gasteiger partial charge in [0.2, 0.25) is 0 Å². The summed E-state index contributed by atoms with van der Waals surface area (Å²) >= 11 is 0. The van der Waals surface area contributed by atoms with Gasteiger partial charge in [-0.25, -0.2) is 4.79 Å². The molecule has 0 aromatic heterocycles. The maximum absolute atomic E-state index is 12.0. The lowest BCUT2D eigenvalue weighted by Gasteiger charge is -2.41. The van der Waals surface area contributed by atoms with Gasteiger partial charge in [-0.1, -0.05) is 19.1 Å². The molecule has 0 heterocycles. The van der Waals surface area contributed by atoms with Gasteiger partial charge in [0.1, 0.15) is 0 Å². The summed E-state index contributed by atoms with van der Waals surface area (Å²) in [5, 5.41) is 15.4. The molecule has 4 nitrogen and oxygen atoms in total. The van der Waals surface area contributed by atoms with Gasteiger partial charge in [-0.2, -0.15) is 0 Å². The summed E-state index contributed by atoms with van der Waals surface area (Å²) in [6.07, 6.45) is 3.74. The van der Waals surface area contributed by atoms with Gasteiger partial charge in [0.15, 0.2) is 0 Å². The van der Waals surface area contributed by atoms with Crippen LogP contribution >= 0.6 is 0 Å². The molecular weight excluding hydrogens is 240 g/mol. The van der Waals surface area contributed by atoms with E-state index in [0.29, 0.717) is 5.69 Å². The lowest BCUT2D eigenvalue weighted by molar-refractivity contribution is 0.179. The smallest absolute Gasteiger partial charge is 0.319 e. The van der Waals surface area contributed by atoms with Crippen LogP contribution < -0.4 is 10.6 Å². The molecule has 2 amide bonds. The van der Waals surface area contributed by atoms with E-state index in [9.17, 15) is 9.90 Å². The summed E-state index contributed by atoms with van der Waals surface area (Å²) in [5.74, 6) is 0. The molecule has 1 atom stereocenters. The standard InChI is InChI=1S/C15H22N2O2/c1-3-15(8-5-9-15)17-14(19)16-13-7-4-6-12(10-13)11(2)18/h4,6-7,10-11,18H,3,5,8-9H2,1-2H3,(H2,16,17,19). The topological polar surface area (TPSA) is 61.4 Å². The molecule has 0 spiro atoms. The fraction of sp³-hybridized carbons (Fsp3) is 0.533. The number of aliphatic hydroxyl groups is 1. The van der Waals surface area contributed by atoms with Crippen LogP contribution in [0, 0.1) is 0 Å². The molecule has 1 fully saturated rings. The molecular formula is C15H22N2O2. The minimum atomic E-state index is -0.529. The predicted octanol–water partition coefficient (Wildman–Crippen LogP) is 3.19. The van der Waals surface area contributed by atoms with Crippen molar-refractivity contribution in [1.29, 1.82) is 0 Å². The number of carbonyl (C=O) groups excluding carboxylic acids is 1. The van der Waals surface area contributed by atoms with Crippen molar-refractivity contribution < 1.29 is 9.90 Å². The SMILES string of the molecule is CCC1(NC(=O)Nc2cccc(C(C)O)c2)CCC1. The van der Waals surface area contributed by atoms with Crippen LogP contribution in [-0.4, -0.2) is 16.7 Å². The number of hydrogen-bond acceptors (Lipinski definition) is 2. The average molecular weight is 262 g/mol. The quantitative estimate of drug-likeness (QED) is 0.780. The third kappa shape index (κ3) is 3.26. The monoisotopic (exact) mass is 262 g/mol. The highest BCUT2D eigenvalue weighted by molar-refractivity contribution is 5.89. The van der Waals surface area contributed by atoms with Gasteiger partial charge < -0.3 is 15.7 Å². The van der Waals surface area contributed by atoms with Crippen LogP contribution in [0.15, 0.2) is 24.3 Å². The Hall–Kier alpha value is -1.55. The molecule has 1 unspecified atom stereocenters. The number of hydrogen-bond donors (Lipinski definition) is 3. The Morgan fingerprint density at radius 3 is 2.74 bits per heavy atom. The van der Waals surface area contributed by atoms with Crippen molar-refractivity contribution in [1.82, 2.24) is 5.32 Å². The summed E-state index contributed by atoms with van der Waals surface area (Å²) < 4.78 is 0. The van der Waals surface area contributed by atoms with Gasteiger partial charge in [0.05, 0.1) is 6.10 Å². The largest absolute Gasteiger partial charge is 0.389 e. The zero-order valence-electron chi connectivity index (χ0n) is 11.6. The van der Waals surface area contributed by atoms with E-state index in [1.54, 1.807) is 13.0 Å². The second-order valence-electron chi connectivity index (χ2n) is 5.37. The van der Waals surface area contributed by atoms with Crippen LogP contribution in [0.4, 0.5) is 10.5 Å². The lowest BCUT2D eigenvalue weighted by Crippen LogP contribution is -2.54. The summed E-state index contributed by atoms with van der Waals surface area (Å²) in [7, 11) is 0. The zero-order chi connectivity index (χ0) is 13.9. The van der Waals surface area contributed by atoms with Crippen molar-refractivity contribution in [3.05, 3.63) is 29.8 Å². The predicted molar refractivity (Wildman–Crippen MR) is 76.1 cm³/mol. The van der Waals surface area contributed by atoms with Gasteiger partial charge in [0, 0.05) is 11.2 Å². The number of rotatable bonds is 4. The molecule has 3 N–H and O–H groups in total. The molecule has 2 rings (SSSR count). The molecule has 0 aliphatic heterocycles. The summed E-state index contributed by atoms with van der Waals surface area (Å²) in [6.45, 7) is 3.81. The highest BCUT2D eigenvalue weighted by Crippen LogP contribution is 2.34. The van der Waals surface area contributed by atoms with Crippen LogP contribution in [0.1, 0.15) is 51.2 Å². The Kier molecular flexibility index (Phi) is 4.10. The highest BCUT2D eigenvalue weighted by Gasteiger charge is 2.36. The van der Waals surface area contributed by atoms with Gasteiger partial charge in [-0.15, -0.1) is 0 Å². The molecule has 4 heteroatoms. The molecule has 104 valence electrons. The first-order valence-electron chi connectivity index (χ1n) is 6.92. The van der Waals surface area contributed by atoms with E-state index in [0.717, 1.165) is 24.8 Å². The Morgan fingerprint density at radius 2 is 2.21 bits per heavy atom. The van der Waals surface area contributed by atoms with Gasteiger partial charge >= 0.3 is 6.03 Å². The van der Waals surface area contributed by atoms with E-state index in [2.05, 4.69) is 17.6 Å². The van der Waals surface area contributed by atoms with Crippen molar-refractivity contribution in [2.24, 2.45) is 0 Å². The minimum Gasteiger partial charge on any atom is -0.389 e. The van der Waals surface area contributed by atoms with Crippen LogP contribution in [0.25, 0.3) is 0 Å². The number of amides is 2. The summed E-state index contributed by atoms with van der Waals surface area (Å²) in [4.78, 5) is 12.0. The van der Waals surface area contributed by atoms with Crippen molar-refractivity contribution in [2.45, 2.75) is 51.2 Å². The van der Waals surface area contributed by atoms with E-state index in [4.69, 9.17) is 0 Å². The van der Waals surface area contributed by atoms with Crippen molar-refractivity contribution in [3.8, 4) is 0 Å². The van der Waals surface area contributed by atoms with E-state index in [1.165, 1.54) is 6.42 Å². The normalized spacial score (nSPS) is 18.3. The molecule has 1 aliphatic rings. The molecule has 0 saturated heterocycles. The third-order valence-corrected chi connectivity index (χ3v) is 3.99. The number of anilines is 1. The maximum Gasteiger partial charge on any atom is 0.319 e. The number of benzene rings is 1. The van der Waals surface area contributed by atoms with Crippen LogP contribution in [0.2, 0.25) is 0 Å². The van der Waals surface area contributed by atoms with Gasteiger partial charge in [0.25, 0.3) is 0 Å². The number of nitrogens with one attached hydrogen (secondary N) is 2. The Labute approximate surface area is 114 Å². The van der Waals surface area contributed by atoms with E-state index >= 15 is 0 Å². The first-order chi connectivity index (χ1) is 9.04. The minimum absolute atomic E-state index is 0.00797. The molecule has 1 aromatic carbocycles. The van der Waals surface area contributed by atoms with Crippen LogP contribution in [0.3, 0.4) is 0 Å². The molecule has 1 aromatic rings. The third-order valence-electron chi connectivity index (χ3n) is 3.99. The Balaban J connectivity index is 1.97. The highest BCUT2D eigenvalue weighted by atomic mass is 16.3. The van der Waals surface area contributed by atoms with E-state index < -0.39 is 6.10 Å². The summed E-state index contributed by atoms with van der Waals surface area (Å²) in [6, 6.07) is 7.13. The lowest BCUT2D eigenvalue weighted by atomic mass is 9.75. The molecule has 1 aliphatic carbocycles. The van der Waals surface area contributed by atoms with Crippen LogP contribution in [-0.2, 0) is 0 Å². The van der Waals surface area contributed by atoms with Crippen molar-refractivity contribution in [3.63, 3.8) is 0 Å². The zero-order valence-corrected chi connectivity index (χ0v) is 11.6. The van der Waals surface area contributed by atoms with E-state index in [-0.39, 0.29) is 11.6 Å². The summed E-state index contributed by atoms with van der Waals surface area (Å²) in [5.41, 5.74) is 1.50. The fourth-order valence-corrected chi connectivity index (χ4v) is 2.45. The molecule has 19 heavy (non-hydrogen) atoms. The number of aliphatic hydroxyl groups excluding tert-OH is 1. The second kappa shape index (κ2) is 5.61. The van der Waals surface area contributed by atoms with Gasteiger partial charge in [-0.3, -0.25) is 0 Å². The fourth-order valence-electron chi connectivity index (χ4n) is 2.45. The van der Waals surface area contributed by atoms with Crippen LogP contribution in [0.5, 0.6) is 0 Å². The maximum atomic E-state index is 12.0. The first kappa shape index (κ1) is 13.9. The van der Waals surface area contributed by atoms with Gasteiger partial charge in [-0.05, 0) is 50.3 Å². The Morgan fingerprint density at radius 1 is 1.47 bits per heavy atom. The van der Waals surface area contributed by atoms with Crippen molar-refractivity contribution in [2.75, 3.05) is 5.32 Å². The Bertz CT molecular complexity index is 448. The number of carbonyl (C=O) groups is 1. The number of urea groups is 1. The molecule has 0 radical (unpaired) electrons. The first-order valence-corrected chi connectivity index (χ1v) is 6.92. The molecule has 1 saturated carbocycles. The molecule has 0 bridgehead atoms.